The number of carbonyl (C=O) groups is 4. The van der Waals surface area contributed by atoms with Gasteiger partial charge >= 0.3 is 11.9 Å². The van der Waals surface area contributed by atoms with Gasteiger partial charge in [0.2, 0.25) is 11.9 Å². The number of nitrogens with one attached hydrogen (secondary N) is 3. The monoisotopic (exact) mass is 467 g/mol. The Morgan fingerprint density at radius 1 is 1.06 bits per heavy atom. The lowest BCUT2D eigenvalue weighted by atomic mass is 10.1. The average molecular weight is 467 g/mol. The van der Waals surface area contributed by atoms with Crippen LogP contribution in [-0.4, -0.2) is 50.0 Å². The van der Waals surface area contributed by atoms with E-state index >= 15 is 0 Å². The Morgan fingerprint density at radius 2 is 1.76 bits per heavy atom. The third kappa shape index (κ3) is 6.16. The van der Waals surface area contributed by atoms with E-state index in [4.69, 9.17) is 15.9 Å². The molecule has 0 spiro atoms. The number of H-pyrrole nitrogens is 1. The van der Waals surface area contributed by atoms with Crippen LogP contribution in [0, 0.1) is 0 Å². The minimum absolute atomic E-state index is 0.00105. The first-order chi connectivity index (χ1) is 16.1. The minimum Gasteiger partial charge on any atom is -0.481 e. The summed E-state index contributed by atoms with van der Waals surface area (Å²) in [5.74, 6) is -3.56. The number of nitrogen functional groups attached to an aromatic ring is 1. The first kappa shape index (κ1) is 23.9. The molecule has 3 rings (SSSR count). The van der Waals surface area contributed by atoms with Crippen LogP contribution in [0.5, 0.6) is 0 Å². The van der Waals surface area contributed by atoms with Crippen LogP contribution in [0.15, 0.2) is 47.3 Å². The highest BCUT2D eigenvalue weighted by Gasteiger charge is 2.21. The zero-order valence-corrected chi connectivity index (χ0v) is 17.7. The number of fused-ring (bicyclic) bond motifs is 1. The number of benzene rings is 2. The molecule has 1 atom stereocenters. The van der Waals surface area contributed by atoms with Gasteiger partial charge in [0.15, 0.2) is 0 Å². The van der Waals surface area contributed by atoms with E-state index in [1.807, 2.05) is 0 Å². The van der Waals surface area contributed by atoms with Gasteiger partial charge in [-0.15, -0.1) is 0 Å². The van der Waals surface area contributed by atoms with Gasteiger partial charge in [0, 0.05) is 17.7 Å². The predicted molar refractivity (Wildman–Crippen MR) is 121 cm³/mol. The highest BCUT2D eigenvalue weighted by atomic mass is 16.4. The summed E-state index contributed by atoms with van der Waals surface area (Å²) in [5, 5.41) is 23.1. The Kier molecular flexibility index (Phi) is 7.21. The lowest BCUT2D eigenvalue weighted by Gasteiger charge is -2.14. The summed E-state index contributed by atoms with van der Waals surface area (Å²) in [6.45, 7) is 0. The molecule has 0 unspecified atom stereocenters. The number of carbonyl (C=O) groups excluding carboxylic acids is 2. The van der Waals surface area contributed by atoms with Crippen LogP contribution in [0.25, 0.3) is 10.9 Å². The first-order valence-corrected chi connectivity index (χ1v) is 10.1. The third-order valence-corrected chi connectivity index (χ3v) is 4.83. The molecule has 1 heterocycles. The molecule has 3 aromatic rings. The molecule has 0 radical (unpaired) electrons. The van der Waals surface area contributed by atoms with Crippen LogP contribution < -0.4 is 21.9 Å². The third-order valence-electron chi connectivity index (χ3n) is 4.83. The number of aromatic nitrogens is 2. The van der Waals surface area contributed by atoms with Gasteiger partial charge in [-0.3, -0.25) is 24.2 Å². The maximum atomic E-state index is 12.4. The molecule has 0 fully saturated rings. The molecule has 1 aromatic heterocycles. The van der Waals surface area contributed by atoms with Gasteiger partial charge in [0.1, 0.15) is 6.04 Å². The molecule has 0 aliphatic rings. The van der Waals surface area contributed by atoms with Crippen molar-refractivity contribution in [2.75, 3.05) is 11.1 Å². The Morgan fingerprint density at radius 3 is 2.41 bits per heavy atom. The number of anilines is 2. The van der Waals surface area contributed by atoms with E-state index < -0.39 is 35.9 Å². The van der Waals surface area contributed by atoms with Crippen molar-refractivity contribution < 1.29 is 29.4 Å². The molecule has 0 saturated heterocycles. The predicted octanol–water partition coefficient (Wildman–Crippen LogP) is 0.734. The zero-order chi connectivity index (χ0) is 24.8. The number of carboxylic acids is 2. The Hall–Kier alpha value is -4.74. The van der Waals surface area contributed by atoms with Crippen molar-refractivity contribution in [3.05, 3.63) is 63.9 Å². The van der Waals surface area contributed by atoms with Gasteiger partial charge in [0.05, 0.1) is 17.3 Å². The Balaban J connectivity index is 1.61. The van der Waals surface area contributed by atoms with Crippen LogP contribution in [0.2, 0.25) is 0 Å². The lowest BCUT2D eigenvalue weighted by Crippen LogP contribution is -2.41. The fourth-order valence-electron chi connectivity index (χ4n) is 3.18. The molecule has 2 aromatic carbocycles. The fraction of sp³-hybridized carbons (Fsp3) is 0.182. The van der Waals surface area contributed by atoms with Gasteiger partial charge < -0.3 is 26.6 Å². The summed E-state index contributed by atoms with van der Waals surface area (Å²) < 4.78 is 0. The van der Waals surface area contributed by atoms with E-state index in [1.54, 1.807) is 18.2 Å². The number of nitrogens with two attached hydrogens (primary N) is 1. The first-order valence-electron chi connectivity index (χ1n) is 10.1. The minimum atomic E-state index is -1.34. The Labute approximate surface area is 191 Å². The normalized spacial score (nSPS) is 11.5. The van der Waals surface area contributed by atoms with Crippen molar-refractivity contribution in [3.8, 4) is 0 Å². The molecule has 12 nitrogen and oxygen atoms in total. The van der Waals surface area contributed by atoms with E-state index in [1.165, 1.54) is 24.3 Å². The SMILES string of the molecule is Nc1nc2ccc(CC(=O)Nc3ccc(C(=O)N[C@@H](CCC(=O)O)C(=O)O)cc3)cc2c(=O)[nH]1. The summed E-state index contributed by atoms with van der Waals surface area (Å²) in [7, 11) is 0. The number of aromatic amines is 1. The number of nitrogens with zero attached hydrogens (tertiary/aromatic N) is 1. The quantitative estimate of drug-likeness (QED) is 0.262. The highest BCUT2D eigenvalue weighted by Crippen LogP contribution is 2.14. The van der Waals surface area contributed by atoms with Crippen LogP contribution in [0.4, 0.5) is 11.6 Å². The van der Waals surface area contributed by atoms with Crippen molar-refractivity contribution in [1.29, 1.82) is 0 Å². The maximum absolute atomic E-state index is 12.4. The molecule has 12 heteroatoms. The van der Waals surface area contributed by atoms with Gasteiger partial charge in [-0.2, -0.15) is 0 Å². The van der Waals surface area contributed by atoms with E-state index in [-0.39, 0.29) is 30.3 Å². The van der Waals surface area contributed by atoms with Crippen molar-refractivity contribution >= 4 is 46.3 Å². The van der Waals surface area contributed by atoms with Crippen LogP contribution in [0.3, 0.4) is 0 Å². The summed E-state index contributed by atoms with van der Waals surface area (Å²) >= 11 is 0. The van der Waals surface area contributed by atoms with E-state index in [0.29, 0.717) is 22.2 Å². The van der Waals surface area contributed by atoms with Crippen LogP contribution >= 0.6 is 0 Å². The van der Waals surface area contributed by atoms with Crippen LogP contribution in [0.1, 0.15) is 28.8 Å². The summed E-state index contributed by atoms with van der Waals surface area (Å²) in [6, 6.07) is 9.19. The molecule has 0 aliphatic carbocycles. The zero-order valence-electron chi connectivity index (χ0n) is 17.7. The van der Waals surface area contributed by atoms with E-state index in [2.05, 4.69) is 20.6 Å². The standard InChI is InChI=1S/C22H21N5O7/c23-22-26-15-6-1-11(9-14(15)20(32)27-22)10-17(28)24-13-4-2-12(3-5-13)19(31)25-16(21(33)34)7-8-18(29)30/h1-6,9,16H,7-8,10H2,(H,24,28)(H,25,31)(H,29,30)(H,33,34)(H3,23,26,27,32)/t16-/m0/s1. The fourth-order valence-corrected chi connectivity index (χ4v) is 3.18. The average Bonchev–Trinajstić information content (AvgIpc) is 2.77. The number of rotatable bonds is 9. The topological polar surface area (TPSA) is 205 Å². The van der Waals surface area contributed by atoms with E-state index in [0.717, 1.165) is 0 Å². The molecular formula is C22H21N5O7. The van der Waals surface area contributed by atoms with Crippen LogP contribution in [-0.2, 0) is 20.8 Å². The second kappa shape index (κ2) is 10.3. The van der Waals surface area contributed by atoms with Crippen molar-refractivity contribution in [1.82, 2.24) is 15.3 Å². The summed E-state index contributed by atoms with van der Waals surface area (Å²) in [4.78, 5) is 65.0. The van der Waals surface area contributed by atoms with Gasteiger partial charge in [-0.05, 0) is 48.4 Å². The Bertz CT molecular complexity index is 1320. The number of hydrogen-bond acceptors (Lipinski definition) is 7. The number of amides is 2. The van der Waals surface area contributed by atoms with Crippen molar-refractivity contribution in [3.63, 3.8) is 0 Å². The van der Waals surface area contributed by atoms with Crippen molar-refractivity contribution in [2.45, 2.75) is 25.3 Å². The molecule has 0 aliphatic heterocycles. The molecular weight excluding hydrogens is 446 g/mol. The number of carboxylic acid groups (broad SMARTS) is 2. The summed E-state index contributed by atoms with van der Waals surface area (Å²) in [5.41, 5.74) is 6.64. The second-order valence-electron chi connectivity index (χ2n) is 7.40. The number of aliphatic carboxylic acids is 2. The second-order valence-corrected chi connectivity index (χ2v) is 7.40. The van der Waals surface area contributed by atoms with Gasteiger partial charge in [-0.1, -0.05) is 6.07 Å². The molecule has 0 bridgehead atoms. The maximum Gasteiger partial charge on any atom is 0.326 e. The largest absolute Gasteiger partial charge is 0.481 e. The molecule has 7 N–H and O–H groups in total. The number of hydrogen-bond donors (Lipinski definition) is 6. The smallest absolute Gasteiger partial charge is 0.326 e. The van der Waals surface area contributed by atoms with Gasteiger partial charge in [-0.25, -0.2) is 9.78 Å². The molecule has 34 heavy (non-hydrogen) atoms. The molecule has 176 valence electrons. The van der Waals surface area contributed by atoms with Gasteiger partial charge in [0.25, 0.3) is 11.5 Å². The summed E-state index contributed by atoms with van der Waals surface area (Å²) in [6.07, 6.45) is -0.682. The highest BCUT2D eigenvalue weighted by molar-refractivity contribution is 5.98. The molecule has 2 amide bonds. The lowest BCUT2D eigenvalue weighted by molar-refractivity contribution is -0.140. The van der Waals surface area contributed by atoms with Crippen molar-refractivity contribution in [2.24, 2.45) is 0 Å². The molecule has 0 saturated carbocycles. The van der Waals surface area contributed by atoms with E-state index in [9.17, 15) is 24.0 Å².